The number of primary amides is 1. The van der Waals surface area contributed by atoms with Crippen molar-refractivity contribution >= 4 is 29.1 Å². The number of carbonyl (C=O) groups is 3. The Kier molecular flexibility index (Phi) is 8.03. The fraction of sp³-hybridized carbons (Fsp3) is 0.407. The second-order valence-electron chi connectivity index (χ2n) is 9.30. The Hall–Kier alpha value is -3.89. The zero-order valence-corrected chi connectivity index (χ0v) is 20.8. The molecule has 2 aliphatic rings. The maximum atomic E-state index is 13.7. The van der Waals surface area contributed by atoms with Crippen LogP contribution in [0.3, 0.4) is 0 Å². The molecule has 0 bridgehead atoms. The third-order valence-electron chi connectivity index (χ3n) is 6.71. The summed E-state index contributed by atoms with van der Waals surface area (Å²) in [6, 6.07) is 14.3. The van der Waals surface area contributed by atoms with Crippen LogP contribution in [0.25, 0.3) is 0 Å². The highest BCUT2D eigenvalue weighted by molar-refractivity contribution is 6.21. The molecule has 3 atom stereocenters. The quantitative estimate of drug-likeness (QED) is 0.516. The monoisotopic (exact) mass is 530 g/mol. The van der Waals surface area contributed by atoms with E-state index in [0.717, 1.165) is 0 Å². The Morgan fingerprint density at radius 1 is 1.13 bits per heavy atom. The van der Waals surface area contributed by atoms with Gasteiger partial charge in [-0.1, -0.05) is 55.8 Å². The van der Waals surface area contributed by atoms with Crippen molar-refractivity contribution in [2.24, 2.45) is 22.6 Å². The van der Waals surface area contributed by atoms with Crippen LogP contribution in [0.15, 0.2) is 53.5 Å². The van der Waals surface area contributed by atoms with Crippen LogP contribution < -0.4 is 20.7 Å². The average molecular weight is 531 g/mol. The number of nitrogens with two attached hydrogens (primary N) is 1. The SMILES string of the molecule is CCCC(C(N)=O)C(CCC(F)(F)F)C(=O)NC1N=C(c2ccccc2)c2cccc3c2N(CCO3)C1=O. The first-order valence-corrected chi connectivity index (χ1v) is 12.5. The Labute approximate surface area is 218 Å². The molecule has 0 fully saturated rings. The topological polar surface area (TPSA) is 114 Å². The number of benzene rings is 2. The molecule has 0 saturated carbocycles. The summed E-state index contributed by atoms with van der Waals surface area (Å²) in [4.78, 5) is 45.4. The molecule has 11 heteroatoms. The van der Waals surface area contributed by atoms with Crippen molar-refractivity contribution in [2.75, 3.05) is 18.1 Å². The van der Waals surface area contributed by atoms with Crippen molar-refractivity contribution in [3.05, 3.63) is 59.7 Å². The van der Waals surface area contributed by atoms with Gasteiger partial charge < -0.3 is 20.7 Å². The predicted molar refractivity (Wildman–Crippen MR) is 135 cm³/mol. The number of hydrogen-bond donors (Lipinski definition) is 2. The first-order chi connectivity index (χ1) is 18.1. The average Bonchev–Trinajstić information content (AvgIpc) is 3.00. The summed E-state index contributed by atoms with van der Waals surface area (Å²) in [5.74, 6) is -4.30. The molecule has 3 amide bonds. The molecule has 8 nitrogen and oxygen atoms in total. The Bertz CT molecular complexity index is 1230. The summed E-state index contributed by atoms with van der Waals surface area (Å²) >= 11 is 0. The Morgan fingerprint density at radius 3 is 2.53 bits per heavy atom. The zero-order valence-electron chi connectivity index (χ0n) is 20.8. The number of alkyl halides is 3. The maximum absolute atomic E-state index is 13.7. The molecule has 2 aromatic rings. The Morgan fingerprint density at radius 2 is 1.87 bits per heavy atom. The highest BCUT2D eigenvalue weighted by Crippen LogP contribution is 2.39. The van der Waals surface area contributed by atoms with Gasteiger partial charge in [-0.2, -0.15) is 13.2 Å². The van der Waals surface area contributed by atoms with Crippen LogP contribution in [0.5, 0.6) is 5.75 Å². The number of nitrogens with one attached hydrogen (secondary N) is 1. The smallest absolute Gasteiger partial charge is 0.389 e. The zero-order chi connectivity index (χ0) is 27.4. The molecule has 0 radical (unpaired) electrons. The molecule has 0 aromatic heterocycles. The molecule has 2 aliphatic heterocycles. The molecular weight excluding hydrogens is 501 g/mol. The highest BCUT2D eigenvalue weighted by Gasteiger charge is 2.40. The minimum atomic E-state index is -4.53. The van der Waals surface area contributed by atoms with E-state index in [4.69, 9.17) is 10.5 Å². The number of rotatable bonds is 9. The number of ether oxygens (including phenoxy) is 1. The summed E-state index contributed by atoms with van der Waals surface area (Å²) in [5, 5.41) is 2.55. The molecule has 3 unspecified atom stereocenters. The molecule has 0 aliphatic carbocycles. The predicted octanol–water partition coefficient (Wildman–Crippen LogP) is 3.57. The van der Waals surface area contributed by atoms with Gasteiger partial charge in [0.25, 0.3) is 5.91 Å². The summed E-state index contributed by atoms with van der Waals surface area (Å²) in [6.07, 6.45) is -7.29. The normalized spacial score (nSPS) is 18.4. The molecule has 2 heterocycles. The van der Waals surface area contributed by atoms with E-state index in [1.807, 2.05) is 6.07 Å². The molecule has 2 aromatic carbocycles. The van der Waals surface area contributed by atoms with E-state index in [2.05, 4.69) is 10.3 Å². The van der Waals surface area contributed by atoms with E-state index in [0.29, 0.717) is 34.7 Å². The van der Waals surface area contributed by atoms with Gasteiger partial charge in [0.1, 0.15) is 12.4 Å². The van der Waals surface area contributed by atoms with Crippen molar-refractivity contribution in [2.45, 2.75) is 44.9 Å². The standard InChI is InChI=1S/C27H29F3N4O4/c1-2-7-17(23(31)35)18(12-13-27(28,29)30)25(36)33-24-26(37)34-14-15-38-20-11-6-10-19(22(20)34)21(32-24)16-8-4-3-5-9-16/h3-6,8-11,17-18,24H,2,7,12-15H2,1H3,(H2,31,35)(H,33,36). The fourth-order valence-corrected chi connectivity index (χ4v) is 4.94. The van der Waals surface area contributed by atoms with Gasteiger partial charge in [-0.25, -0.2) is 4.99 Å². The largest absolute Gasteiger partial charge is 0.490 e. The number of aliphatic imine (C=N–C) groups is 1. The van der Waals surface area contributed by atoms with E-state index in [-0.39, 0.29) is 19.6 Å². The van der Waals surface area contributed by atoms with Gasteiger partial charge in [0.15, 0.2) is 0 Å². The van der Waals surface area contributed by atoms with Crippen LogP contribution >= 0.6 is 0 Å². The van der Waals surface area contributed by atoms with Crippen molar-refractivity contribution in [1.29, 1.82) is 0 Å². The third-order valence-corrected chi connectivity index (χ3v) is 6.71. The maximum Gasteiger partial charge on any atom is 0.389 e. The lowest BCUT2D eigenvalue weighted by molar-refractivity contribution is -0.146. The number of para-hydroxylation sites is 1. The van der Waals surface area contributed by atoms with Gasteiger partial charge in [0, 0.05) is 29.4 Å². The van der Waals surface area contributed by atoms with Crippen molar-refractivity contribution in [3.63, 3.8) is 0 Å². The van der Waals surface area contributed by atoms with Gasteiger partial charge in [-0.15, -0.1) is 0 Å². The molecular formula is C27H29F3N4O4. The number of carbonyl (C=O) groups excluding carboxylic acids is 3. The number of nitrogens with zero attached hydrogens (tertiary/aromatic N) is 2. The van der Waals surface area contributed by atoms with Crippen LogP contribution in [0.1, 0.15) is 43.7 Å². The van der Waals surface area contributed by atoms with Gasteiger partial charge in [0.2, 0.25) is 18.0 Å². The van der Waals surface area contributed by atoms with Crippen LogP contribution in [0.2, 0.25) is 0 Å². The number of halogens is 3. The lowest BCUT2D eigenvalue weighted by Gasteiger charge is -2.31. The minimum absolute atomic E-state index is 0.140. The van der Waals surface area contributed by atoms with Crippen molar-refractivity contribution in [3.8, 4) is 5.75 Å². The molecule has 3 N–H and O–H groups in total. The molecule has 0 spiro atoms. The van der Waals surface area contributed by atoms with E-state index in [1.165, 1.54) is 4.90 Å². The summed E-state index contributed by atoms with van der Waals surface area (Å²) < 4.78 is 45.0. The molecule has 202 valence electrons. The first kappa shape index (κ1) is 27.2. The molecule has 38 heavy (non-hydrogen) atoms. The highest BCUT2D eigenvalue weighted by atomic mass is 19.4. The second kappa shape index (κ2) is 11.2. The molecule has 4 rings (SSSR count). The fourth-order valence-electron chi connectivity index (χ4n) is 4.94. The van der Waals surface area contributed by atoms with Crippen molar-refractivity contribution in [1.82, 2.24) is 5.32 Å². The van der Waals surface area contributed by atoms with Crippen LogP contribution in [0, 0.1) is 11.8 Å². The van der Waals surface area contributed by atoms with Crippen molar-refractivity contribution < 1.29 is 32.3 Å². The Balaban J connectivity index is 1.74. The molecule has 0 saturated heterocycles. The van der Waals surface area contributed by atoms with Crippen LogP contribution in [-0.4, -0.2) is 48.9 Å². The van der Waals surface area contributed by atoms with Gasteiger partial charge in [-0.05, 0) is 18.9 Å². The number of hydrogen-bond acceptors (Lipinski definition) is 5. The van der Waals surface area contributed by atoms with Gasteiger partial charge in [-0.3, -0.25) is 14.4 Å². The van der Waals surface area contributed by atoms with E-state index < -0.39 is 54.7 Å². The van der Waals surface area contributed by atoms with Crippen LogP contribution in [-0.2, 0) is 14.4 Å². The van der Waals surface area contributed by atoms with Crippen LogP contribution in [0.4, 0.5) is 18.9 Å². The summed E-state index contributed by atoms with van der Waals surface area (Å²) in [7, 11) is 0. The van der Waals surface area contributed by atoms with E-state index >= 15 is 0 Å². The minimum Gasteiger partial charge on any atom is -0.490 e. The van der Waals surface area contributed by atoms with Gasteiger partial charge >= 0.3 is 6.18 Å². The summed E-state index contributed by atoms with van der Waals surface area (Å²) in [6.45, 7) is 2.16. The van der Waals surface area contributed by atoms with Gasteiger partial charge in [0.05, 0.1) is 17.9 Å². The lowest BCUT2D eigenvalue weighted by atomic mass is 9.83. The van der Waals surface area contributed by atoms with E-state index in [1.54, 1.807) is 49.4 Å². The van der Waals surface area contributed by atoms with E-state index in [9.17, 15) is 27.6 Å². The number of amides is 3. The summed E-state index contributed by atoms with van der Waals surface area (Å²) in [5.41, 5.74) is 7.72. The number of anilines is 1. The third kappa shape index (κ3) is 5.81. The second-order valence-corrected chi connectivity index (χ2v) is 9.30. The first-order valence-electron chi connectivity index (χ1n) is 12.5. The lowest BCUT2D eigenvalue weighted by Crippen LogP contribution is -2.52.